The van der Waals surface area contributed by atoms with Gasteiger partial charge in [0, 0.05) is 44.7 Å². The van der Waals surface area contributed by atoms with Gasteiger partial charge in [-0.25, -0.2) is 9.97 Å². The van der Waals surface area contributed by atoms with Gasteiger partial charge in [-0.05, 0) is 44.4 Å². The van der Waals surface area contributed by atoms with E-state index in [4.69, 9.17) is 14.8 Å². The number of hydrogen-bond acceptors (Lipinski definition) is 6. The third-order valence-corrected chi connectivity index (χ3v) is 5.76. The number of nitrogens with one attached hydrogen (secondary N) is 1. The number of pyridine rings is 1. The number of methoxy groups -OCH3 is 1. The predicted molar refractivity (Wildman–Crippen MR) is 134 cm³/mol. The first kappa shape index (κ1) is 22.7. The number of benzene rings is 1. The molecule has 0 amide bonds. The molecule has 0 bridgehead atoms. The summed E-state index contributed by atoms with van der Waals surface area (Å²) in [5, 5.41) is 8.52. The highest BCUT2D eigenvalue weighted by Gasteiger charge is 2.20. The Labute approximate surface area is 195 Å². The lowest BCUT2D eigenvalue weighted by atomic mass is 10.0. The van der Waals surface area contributed by atoms with Gasteiger partial charge < -0.3 is 15.0 Å². The van der Waals surface area contributed by atoms with Crippen molar-refractivity contribution in [2.45, 2.75) is 33.2 Å². The molecule has 4 rings (SSSR count). The van der Waals surface area contributed by atoms with Crippen LogP contribution in [-0.2, 0) is 11.2 Å². The lowest BCUT2D eigenvalue weighted by molar-refractivity contribution is 0.185. The monoisotopic (exact) mass is 444 g/mol. The lowest BCUT2D eigenvalue weighted by Crippen LogP contribution is -2.28. The first-order valence-corrected chi connectivity index (χ1v) is 11.2. The molecule has 0 spiro atoms. The van der Waals surface area contributed by atoms with E-state index in [-0.39, 0.29) is 6.04 Å². The molecule has 0 fully saturated rings. The van der Waals surface area contributed by atoms with E-state index in [2.05, 4.69) is 47.6 Å². The summed E-state index contributed by atoms with van der Waals surface area (Å²) in [6.45, 7) is 6.73. The van der Waals surface area contributed by atoms with Gasteiger partial charge in [-0.2, -0.15) is 9.61 Å². The van der Waals surface area contributed by atoms with Crippen LogP contribution in [0.1, 0.15) is 22.5 Å². The fourth-order valence-electron chi connectivity index (χ4n) is 4.17. The second-order valence-corrected chi connectivity index (χ2v) is 8.72. The molecular weight excluding hydrogens is 412 g/mol. The molecule has 0 saturated heterocycles. The van der Waals surface area contributed by atoms with E-state index in [9.17, 15) is 0 Å². The Hall–Kier alpha value is -3.45. The van der Waals surface area contributed by atoms with Crippen molar-refractivity contribution in [2.75, 3.05) is 38.0 Å². The summed E-state index contributed by atoms with van der Waals surface area (Å²) < 4.78 is 7.42. The van der Waals surface area contributed by atoms with Gasteiger partial charge in [-0.3, -0.25) is 0 Å². The number of fused-ring (bicyclic) bond motifs is 1. The Morgan fingerprint density at radius 2 is 1.85 bits per heavy atom. The molecule has 0 radical (unpaired) electrons. The van der Waals surface area contributed by atoms with Gasteiger partial charge in [0.25, 0.3) is 0 Å². The molecule has 7 heteroatoms. The summed E-state index contributed by atoms with van der Waals surface area (Å²) in [5.41, 5.74) is 7.15. The summed E-state index contributed by atoms with van der Waals surface area (Å²) in [4.78, 5) is 11.5. The molecule has 0 aliphatic carbocycles. The predicted octanol–water partition coefficient (Wildman–Crippen LogP) is 4.45. The maximum absolute atomic E-state index is 5.52. The Kier molecular flexibility index (Phi) is 6.60. The molecule has 0 aliphatic heterocycles. The van der Waals surface area contributed by atoms with Gasteiger partial charge in [0.2, 0.25) is 0 Å². The van der Waals surface area contributed by atoms with Crippen molar-refractivity contribution in [2.24, 2.45) is 0 Å². The Morgan fingerprint density at radius 3 is 2.52 bits per heavy atom. The zero-order valence-corrected chi connectivity index (χ0v) is 20.3. The van der Waals surface area contributed by atoms with Gasteiger partial charge in [0.05, 0.1) is 23.9 Å². The topological polar surface area (TPSA) is 67.6 Å². The largest absolute Gasteiger partial charge is 0.383 e. The number of hydrogen-bond donors (Lipinski definition) is 1. The molecule has 1 N–H and O–H groups in total. The van der Waals surface area contributed by atoms with Crippen LogP contribution in [0.5, 0.6) is 0 Å². The van der Waals surface area contributed by atoms with E-state index in [0.29, 0.717) is 6.61 Å². The minimum atomic E-state index is 0.0955. The number of rotatable bonds is 8. The van der Waals surface area contributed by atoms with E-state index >= 15 is 0 Å². The Balaban J connectivity index is 1.75. The number of aromatic nitrogens is 4. The third-order valence-electron chi connectivity index (χ3n) is 5.76. The van der Waals surface area contributed by atoms with Crippen LogP contribution in [0.15, 0.2) is 48.7 Å². The van der Waals surface area contributed by atoms with Crippen molar-refractivity contribution in [1.82, 2.24) is 19.6 Å². The van der Waals surface area contributed by atoms with E-state index < -0.39 is 0 Å². The SMILES string of the molecule is COC[C@H](Cc1ccccc1)Nc1cc(C)nc2c(-c3cnc(N(C)C)cc3C)c(C)nn12. The van der Waals surface area contributed by atoms with Gasteiger partial charge in [0.15, 0.2) is 5.65 Å². The molecule has 0 unspecified atom stereocenters. The summed E-state index contributed by atoms with van der Waals surface area (Å²) in [6, 6.07) is 14.7. The quantitative estimate of drug-likeness (QED) is 0.433. The van der Waals surface area contributed by atoms with Gasteiger partial charge in [-0.15, -0.1) is 0 Å². The van der Waals surface area contributed by atoms with Crippen LogP contribution in [0.2, 0.25) is 0 Å². The zero-order valence-electron chi connectivity index (χ0n) is 20.3. The van der Waals surface area contributed by atoms with E-state index in [0.717, 1.165) is 51.8 Å². The van der Waals surface area contributed by atoms with Crippen molar-refractivity contribution in [3.05, 3.63) is 71.2 Å². The first-order valence-electron chi connectivity index (χ1n) is 11.2. The van der Waals surface area contributed by atoms with Crippen LogP contribution in [0, 0.1) is 20.8 Å². The van der Waals surface area contributed by atoms with Crippen LogP contribution in [0.3, 0.4) is 0 Å². The number of aryl methyl sites for hydroxylation is 3. The summed E-state index contributed by atoms with van der Waals surface area (Å²) in [7, 11) is 5.73. The summed E-state index contributed by atoms with van der Waals surface area (Å²) >= 11 is 0. The maximum Gasteiger partial charge on any atom is 0.165 e. The second-order valence-electron chi connectivity index (χ2n) is 8.72. The van der Waals surface area contributed by atoms with Crippen molar-refractivity contribution in [3.8, 4) is 11.1 Å². The first-order chi connectivity index (χ1) is 15.9. The highest BCUT2D eigenvalue weighted by atomic mass is 16.5. The standard InChI is InChI=1S/C26H32N6O/c1-17-12-23(31(4)5)27-15-22(17)25-19(3)30-32-24(13-18(2)28-26(25)32)29-21(16-33-6)14-20-10-8-7-9-11-20/h7-13,15,21,29H,14,16H2,1-6H3/t21-/m0/s1. The molecule has 172 valence electrons. The zero-order chi connectivity index (χ0) is 23.5. The van der Waals surface area contributed by atoms with Crippen molar-refractivity contribution >= 4 is 17.3 Å². The fourth-order valence-corrected chi connectivity index (χ4v) is 4.17. The summed E-state index contributed by atoms with van der Waals surface area (Å²) in [6.07, 6.45) is 2.77. The maximum atomic E-state index is 5.52. The molecular formula is C26H32N6O. The Bertz CT molecular complexity index is 1250. The normalized spacial score (nSPS) is 12.2. The average molecular weight is 445 g/mol. The van der Waals surface area contributed by atoms with Crippen molar-refractivity contribution < 1.29 is 4.74 Å². The molecule has 0 saturated carbocycles. The fraction of sp³-hybridized carbons (Fsp3) is 0.346. The number of anilines is 2. The molecule has 1 atom stereocenters. The highest BCUT2D eigenvalue weighted by molar-refractivity contribution is 5.83. The van der Waals surface area contributed by atoms with E-state index in [1.807, 2.05) is 55.7 Å². The smallest absolute Gasteiger partial charge is 0.165 e. The van der Waals surface area contributed by atoms with Crippen LogP contribution < -0.4 is 10.2 Å². The number of ether oxygens (including phenoxy) is 1. The van der Waals surface area contributed by atoms with Gasteiger partial charge in [-0.1, -0.05) is 30.3 Å². The molecule has 3 aromatic heterocycles. The van der Waals surface area contributed by atoms with E-state index in [1.165, 1.54) is 5.56 Å². The molecule has 4 aromatic rings. The molecule has 7 nitrogen and oxygen atoms in total. The van der Waals surface area contributed by atoms with Crippen LogP contribution in [0.25, 0.3) is 16.8 Å². The number of nitrogens with zero attached hydrogens (tertiary/aromatic N) is 5. The highest BCUT2D eigenvalue weighted by Crippen LogP contribution is 2.32. The molecule has 33 heavy (non-hydrogen) atoms. The van der Waals surface area contributed by atoms with Gasteiger partial charge in [0.1, 0.15) is 11.6 Å². The minimum Gasteiger partial charge on any atom is -0.383 e. The Morgan fingerprint density at radius 1 is 1.09 bits per heavy atom. The van der Waals surface area contributed by atoms with Crippen molar-refractivity contribution in [3.63, 3.8) is 0 Å². The molecule has 3 heterocycles. The van der Waals surface area contributed by atoms with Crippen LogP contribution in [0.4, 0.5) is 11.6 Å². The molecule has 0 aliphatic rings. The van der Waals surface area contributed by atoms with Crippen LogP contribution >= 0.6 is 0 Å². The third kappa shape index (κ3) is 4.83. The molecule has 1 aromatic carbocycles. The summed E-state index contributed by atoms with van der Waals surface area (Å²) in [5.74, 6) is 1.83. The second kappa shape index (κ2) is 9.58. The minimum absolute atomic E-state index is 0.0955. The van der Waals surface area contributed by atoms with Crippen molar-refractivity contribution in [1.29, 1.82) is 0 Å². The van der Waals surface area contributed by atoms with Gasteiger partial charge >= 0.3 is 0 Å². The van der Waals surface area contributed by atoms with E-state index in [1.54, 1.807) is 7.11 Å². The van der Waals surface area contributed by atoms with Crippen LogP contribution in [-0.4, -0.2) is 53.4 Å². The average Bonchev–Trinajstić information content (AvgIpc) is 3.10. The lowest BCUT2D eigenvalue weighted by Gasteiger charge is -2.20.